The molecule has 2 aliphatic rings. The third-order valence-corrected chi connectivity index (χ3v) is 4.09. The van der Waals surface area contributed by atoms with Gasteiger partial charge in [0.1, 0.15) is 6.23 Å². The molecule has 2 heterocycles. The van der Waals surface area contributed by atoms with E-state index in [1.807, 2.05) is 23.6 Å². The number of thioether (sulfide) groups is 1. The minimum atomic E-state index is 0.0394. The van der Waals surface area contributed by atoms with Gasteiger partial charge in [-0.1, -0.05) is 6.92 Å². The van der Waals surface area contributed by atoms with E-state index in [0.717, 1.165) is 5.75 Å². The van der Waals surface area contributed by atoms with Crippen LogP contribution in [0.3, 0.4) is 0 Å². The van der Waals surface area contributed by atoms with Crippen molar-refractivity contribution in [2.24, 2.45) is 5.92 Å². The van der Waals surface area contributed by atoms with Crippen LogP contribution in [-0.4, -0.2) is 34.8 Å². The van der Waals surface area contributed by atoms with Gasteiger partial charge in [0.2, 0.25) is 5.91 Å². The fourth-order valence-electron chi connectivity index (χ4n) is 1.88. The van der Waals surface area contributed by atoms with Crippen LogP contribution in [0.1, 0.15) is 20.3 Å². The molecule has 3 atom stereocenters. The van der Waals surface area contributed by atoms with Crippen LogP contribution < -0.4 is 0 Å². The summed E-state index contributed by atoms with van der Waals surface area (Å²) >= 11 is 1.88. The van der Waals surface area contributed by atoms with E-state index in [2.05, 4.69) is 6.92 Å². The molecule has 0 aromatic rings. The molecule has 0 saturated carbocycles. The Hall–Kier alpha value is -0.220. The highest BCUT2D eigenvalue weighted by Gasteiger charge is 2.46. The van der Waals surface area contributed by atoms with E-state index in [1.54, 1.807) is 0 Å². The van der Waals surface area contributed by atoms with Gasteiger partial charge < -0.3 is 9.64 Å². The van der Waals surface area contributed by atoms with E-state index in [4.69, 9.17) is 4.74 Å². The fraction of sp³-hybridized carbons (Fsp3) is 0.889. The van der Waals surface area contributed by atoms with Gasteiger partial charge in [-0.3, -0.25) is 4.79 Å². The molecule has 2 rings (SSSR count). The molecule has 13 heavy (non-hydrogen) atoms. The molecule has 2 fully saturated rings. The highest BCUT2D eigenvalue weighted by molar-refractivity contribution is 8.00. The van der Waals surface area contributed by atoms with Crippen molar-refractivity contribution >= 4 is 17.7 Å². The maximum atomic E-state index is 11.3. The molecule has 2 aliphatic heterocycles. The van der Waals surface area contributed by atoms with Gasteiger partial charge in [0, 0.05) is 18.3 Å². The number of ether oxygens (including phenoxy) is 1. The zero-order valence-corrected chi connectivity index (χ0v) is 8.84. The van der Waals surface area contributed by atoms with Crippen molar-refractivity contribution in [3.8, 4) is 0 Å². The molecule has 0 aromatic heterocycles. The quantitative estimate of drug-likeness (QED) is 0.630. The number of rotatable bonds is 2. The first-order valence-corrected chi connectivity index (χ1v) is 5.83. The van der Waals surface area contributed by atoms with Crippen LogP contribution in [0.25, 0.3) is 0 Å². The summed E-state index contributed by atoms with van der Waals surface area (Å²) in [5.74, 6) is 1.83. The molecular formula is C9H15NO2S. The van der Waals surface area contributed by atoms with Crippen molar-refractivity contribution in [3.05, 3.63) is 0 Å². The Bertz CT molecular complexity index is 222. The molecule has 0 spiro atoms. The largest absolute Gasteiger partial charge is 0.358 e. The molecule has 0 unspecified atom stereocenters. The Morgan fingerprint density at radius 2 is 2.46 bits per heavy atom. The Labute approximate surface area is 82.8 Å². The van der Waals surface area contributed by atoms with Crippen LogP contribution in [-0.2, 0) is 9.53 Å². The summed E-state index contributed by atoms with van der Waals surface area (Å²) in [6, 6.07) is 0. The fourth-order valence-corrected chi connectivity index (χ4v) is 3.23. The van der Waals surface area contributed by atoms with Crippen molar-refractivity contribution < 1.29 is 9.53 Å². The van der Waals surface area contributed by atoms with E-state index in [9.17, 15) is 4.79 Å². The molecule has 4 heteroatoms. The smallest absolute Gasteiger partial charge is 0.228 e. The molecule has 2 saturated heterocycles. The molecule has 0 aromatic carbocycles. The predicted octanol–water partition coefficient (Wildman–Crippen LogP) is 1.29. The van der Waals surface area contributed by atoms with Crippen LogP contribution in [0.15, 0.2) is 0 Å². The normalized spacial score (nSPS) is 38.5. The van der Waals surface area contributed by atoms with Gasteiger partial charge in [0.15, 0.2) is 0 Å². The summed E-state index contributed by atoms with van der Waals surface area (Å²) in [4.78, 5) is 13.2. The standard InChI is InChI=1S/C9H15NO2S/c1-3-12-9-6(2)5-13-8-4-7(11)10(8)9/h6,8-9H,3-5H2,1-2H3/t6-,8-,9+/m0/s1. The summed E-state index contributed by atoms with van der Waals surface area (Å²) in [5, 5.41) is 0.403. The molecule has 3 nitrogen and oxygen atoms in total. The number of nitrogens with zero attached hydrogens (tertiary/aromatic N) is 1. The number of fused-ring (bicyclic) bond motifs is 1. The van der Waals surface area contributed by atoms with Crippen molar-refractivity contribution in [1.82, 2.24) is 4.90 Å². The van der Waals surface area contributed by atoms with Gasteiger partial charge in [0.25, 0.3) is 0 Å². The highest BCUT2D eigenvalue weighted by atomic mass is 32.2. The second-order valence-electron chi connectivity index (χ2n) is 3.62. The van der Waals surface area contributed by atoms with Crippen LogP contribution in [0.4, 0.5) is 0 Å². The maximum absolute atomic E-state index is 11.3. The number of hydrogen-bond donors (Lipinski definition) is 0. The minimum absolute atomic E-state index is 0.0394. The summed E-state index contributed by atoms with van der Waals surface area (Å²) in [6.45, 7) is 4.82. The van der Waals surface area contributed by atoms with Crippen molar-refractivity contribution in [2.45, 2.75) is 31.9 Å². The number of hydrogen-bond acceptors (Lipinski definition) is 3. The van der Waals surface area contributed by atoms with Crippen molar-refractivity contribution in [1.29, 1.82) is 0 Å². The lowest BCUT2D eigenvalue weighted by Crippen LogP contribution is -2.61. The zero-order chi connectivity index (χ0) is 9.42. The summed E-state index contributed by atoms with van der Waals surface area (Å²) in [6.07, 6.45) is 0.749. The Kier molecular flexibility index (Phi) is 2.51. The van der Waals surface area contributed by atoms with Crippen LogP contribution >= 0.6 is 11.8 Å². The minimum Gasteiger partial charge on any atom is -0.358 e. The van der Waals surface area contributed by atoms with Gasteiger partial charge in [-0.05, 0) is 6.92 Å². The summed E-state index contributed by atoms with van der Waals surface area (Å²) in [7, 11) is 0. The zero-order valence-electron chi connectivity index (χ0n) is 8.03. The van der Waals surface area contributed by atoms with E-state index in [0.29, 0.717) is 24.3 Å². The van der Waals surface area contributed by atoms with Crippen molar-refractivity contribution in [3.63, 3.8) is 0 Å². The number of carbonyl (C=O) groups excluding carboxylic acids is 1. The lowest BCUT2D eigenvalue weighted by Gasteiger charge is -2.50. The van der Waals surface area contributed by atoms with E-state index >= 15 is 0 Å². The molecular weight excluding hydrogens is 186 g/mol. The first kappa shape index (κ1) is 9.34. The third kappa shape index (κ3) is 1.46. The number of carbonyl (C=O) groups is 1. The average molecular weight is 201 g/mol. The van der Waals surface area contributed by atoms with Crippen LogP contribution in [0.2, 0.25) is 0 Å². The highest BCUT2D eigenvalue weighted by Crippen LogP contribution is 2.40. The molecule has 74 valence electrons. The molecule has 0 aliphatic carbocycles. The summed E-state index contributed by atoms with van der Waals surface area (Å²) < 4.78 is 5.59. The third-order valence-electron chi connectivity index (χ3n) is 2.60. The second-order valence-corrected chi connectivity index (χ2v) is 4.83. The first-order chi connectivity index (χ1) is 6.24. The predicted molar refractivity (Wildman–Crippen MR) is 52.3 cm³/mol. The lowest BCUT2D eigenvalue weighted by atomic mass is 10.1. The molecule has 0 radical (unpaired) electrons. The van der Waals surface area contributed by atoms with Gasteiger partial charge in [-0.15, -0.1) is 11.8 Å². The van der Waals surface area contributed by atoms with Gasteiger partial charge >= 0.3 is 0 Å². The van der Waals surface area contributed by atoms with Crippen LogP contribution in [0.5, 0.6) is 0 Å². The second kappa shape index (κ2) is 3.50. The monoisotopic (exact) mass is 201 g/mol. The molecule has 0 N–H and O–H groups in total. The maximum Gasteiger partial charge on any atom is 0.228 e. The summed E-state index contributed by atoms with van der Waals surface area (Å²) in [5.41, 5.74) is 0. The van der Waals surface area contributed by atoms with E-state index < -0.39 is 0 Å². The Balaban J connectivity index is 2.05. The van der Waals surface area contributed by atoms with Crippen molar-refractivity contribution in [2.75, 3.05) is 12.4 Å². The van der Waals surface area contributed by atoms with Gasteiger partial charge in [-0.25, -0.2) is 0 Å². The van der Waals surface area contributed by atoms with E-state index in [1.165, 1.54) is 0 Å². The Morgan fingerprint density at radius 3 is 3.08 bits per heavy atom. The molecule has 1 amide bonds. The van der Waals surface area contributed by atoms with E-state index in [-0.39, 0.29) is 12.1 Å². The lowest BCUT2D eigenvalue weighted by molar-refractivity contribution is -0.169. The topological polar surface area (TPSA) is 29.5 Å². The number of amides is 1. The van der Waals surface area contributed by atoms with Gasteiger partial charge in [-0.2, -0.15) is 0 Å². The molecule has 0 bridgehead atoms. The SMILES string of the molecule is CCO[C@@H]1[C@@H](C)CS[C@H]2CC(=O)N21. The average Bonchev–Trinajstić information content (AvgIpc) is 2.09. The number of β-lactam (4-membered cyclic amide) rings is 1. The van der Waals surface area contributed by atoms with Crippen LogP contribution in [0, 0.1) is 5.92 Å². The Morgan fingerprint density at radius 1 is 1.69 bits per heavy atom. The first-order valence-electron chi connectivity index (χ1n) is 4.78. The van der Waals surface area contributed by atoms with Gasteiger partial charge in [0.05, 0.1) is 11.8 Å².